The first-order chi connectivity index (χ1) is 13.0. The predicted molar refractivity (Wildman–Crippen MR) is 100 cm³/mol. The van der Waals surface area contributed by atoms with Gasteiger partial charge < -0.3 is 4.74 Å². The second kappa shape index (κ2) is 6.21. The first-order valence-electron chi connectivity index (χ1n) is 8.65. The molecule has 0 unspecified atom stereocenters. The van der Waals surface area contributed by atoms with E-state index in [2.05, 4.69) is 5.10 Å². The summed E-state index contributed by atoms with van der Waals surface area (Å²) in [6, 6.07) is 5.23. The summed E-state index contributed by atoms with van der Waals surface area (Å²) in [4.78, 5) is 26.9. The van der Waals surface area contributed by atoms with E-state index in [1.165, 1.54) is 4.68 Å². The Morgan fingerprint density at radius 1 is 1.00 bits per heavy atom. The van der Waals surface area contributed by atoms with Crippen molar-refractivity contribution in [1.82, 2.24) is 9.78 Å². The fourth-order valence-corrected chi connectivity index (χ4v) is 5.14. The monoisotopic (exact) mass is 425 g/mol. The molecule has 9 heteroatoms. The Labute approximate surface area is 169 Å². The Balaban J connectivity index is 1.47. The third kappa shape index (κ3) is 2.54. The molecule has 0 spiro atoms. The van der Waals surface area contributed by atoms with Crippen LogP contribution in [0.5, 0.6) is 0 Å². The van der Waals surface area contributed by atoms with E-state index in [9.17, 15) is 9.59 Å². The molecule has 1 aromatic carbocycles. The molecular weight excluding hydrogens is 413 g/mol. The maximum Gasteiger partial charge on any atom is 0.241 e. The van der Waals surface area contributed by atoms with Crippen LogP contribution in [0.25, 0.3) is 0 Å². The number of amides is 2. The van der Waals surface area contributed by atoms with Gasteiger partial charge in [0.15, 0.2) is 5.82 Å². The van der Waals surface area contributed by atoms with Crippen molar-refractivity contribution < 1.29 is 14.3 Å². The standard InChI is InChI=1S/C18H14Cl3N3O3/c19-9-2-1-3-10(20)8(9)6-23-7-11(21)16(22-23)24-17(25)14-12-4-5-13(27-12)15(14)18(24)26/h1-3,7,12-15H,4-6H2/t12-,13+,14-,15+. The zero-order valence-corrected chi connectivity index (χ0v) is 16.2. The lowest BCUT2D eigenvalue weighted by atomic mass is 9.81. The number of aromatic nitrogens is 2. The van der Waals surface area contributed by atoms with Crippen molar-refractivity contribution in [2.45, 2.75) is 31.6 Å². The normalized spacial score (nSPS) is 29.1. The molecule has 1 aromatic heterocycles. The highest BCUT2D eigenvalue weighted by atomic mass is 35.5. The van der Waals surface area contributed by atoms with Crippen LogP contribution in [0.3, 0.4) is 0 Å². The second-order valence-corrected chi connectivity index (χ2v) is 8.27. The molecule has 4 heterocycles. The number of rotatable bonds is 3. The summed E-state index contributed by atoms with van der Waals surface area (Å²) in [5.41, 5.74) is 0.689. The van der Waals surface area contributed by atoms with Crippen LogP contribution in [0, 0.1) is 11.8 Å². The number of carbonyl (C=O) groups excluding carboxylic acids is 2. The number of ether oxygens (including phenoxy) is 1. The Morgan fingerprint density at radius 2 is 1.59 bits per heavy atom. The third-order valence-electron chi connectivity index (χ3n) is 5.58. The van der Waals surface area contributed by atoms with E-state index < -0.39 is 11.8 Å². The Morgan fingerprint density at radius 3 is 2.19 bits per heavy atom. The number of fused-ring (bicyclic) bond motifs is 5. The van der Waals surface area contributed by atoms with Gasteiger partial charge in [0.05, 0.1) is 30.6 Å². The number of benzene rings is 1. The van der Waals surface area contributed by atoms with E-state index in [1.54, 1.807) is 24.4 Å². The molecule has 0 radical (unpaired) electrons. The Bertz CT molecular complexity index is 928. The quantitative estimate of drug-likeness (QED) is 0.704. The minimum atomic E-state index is -0.421. The van der Waals surface area contributed by atoms with Gasteiger partial charge in [0.25, 0.3) is 0 Å². The molecule has 0 aliphatic carbocycles. The van der Waals surface area contributed by atoms with E-state index in [0.717, 1.165) is 17.7 Å². The summed E-state index contributed by atoms with van der Waals surface area (Å²) >= 11 is 18.7. The fourth-order valence-electron chi connectivity index (χ4n) is 4.39. The number of anilines is 1. The molecule has 4 atom stereocenters. The molecule has 0 saturated carbocycles. The van der Waals surface area contributed by atoms with Crippen LogP contribution in [0.2, 0.25) is 15.1 Å². The van der Waals surface area contributed by atoms with Crippen LogP contribution >= 0.6 is 34.8 Å². The lowest BCUT2D eigenvalue weighted by Crippen LogP contribution is -2.34. The van der Waals surface area contributed by atoms with E-state index >= 15 is 0 Å². The van der Waals surface area contributed by atoms with Gasteiger partial charge in [0.1, 0.15) is 5.02 Å². The number of nitrogens with zero attached hydrogens (tertiary/aromatic N) is 3. The van der Waals surface area contributed by atoms with E-state index in [1.807, 2.05) is 0 Å². The topological polar surface area (TPSA) is 64.4 Å². The number of carbonyl (C=O) groups is 2. The summed E-state index contributed by atoms with van der Waals surface area (Å²) in [5.74, 6) is -1.24. The molecule has 3 fully saturated rings. The average Bonchev–Trinajstić information content (AvgIpc) is 3.36. The number of imide groups is 1. The van der Waals surface area contributed by atoms with Crippen LogP contribution < -0.4 is 4.90 Å². The molecule has 3 saturated heterocycles. The fraction of sp³-hybridized carbons (Fsp3) is 0.389. The van der Waals surface area contributed by atoms with Gasteiger partial charge in [-0.2, -0.15) is 5.10 Å². The van der Waals surface area contributed by atoms with Gasteiger partial charge in [-0.05, 0) is 25.0 Å². The minimum absolute atomic E-state index is 0.156. The van der Waals surface area contributed by atoms with Gasteiger partial charge >= 0.3 is 0 Å². The highest BCUT2D eigenvalue weighted by Gasteiger charge is 2.63. The van der Waals surface area contributed by atoms with Gasteiger partial charge in [-0.25, -0.2) is 4.90 Å². The van der Waals surface area contributed by atoms with Crippen molar-refractivity contribution in [2.75, 3.05) is 4.90 Å². The summed E-state index contributed by atoms with van der Waals surface area (Å²) in [7, 11) is 0. The Hall–Kier alpha value is -1.60. The lowest BCUT2D eigenvalue weighted by molar-refractivity contribution is -0.124. The van der Waals surface area contributed by atoms with Crippen molar-refractivity contribution >= 4 is 52.4 Å². The summed E-state index contributed by atoms with van der Waals surface area (Å²) in [6.07, 6.45) is 2.84. The highest BCUT2D eigenvalue weighted by molar-refractivity contribution is 6.36. The van der Waals surface area contributed by atoms with Crippen molar-refractivity contribution in [3.8, 4) is 0 Å². The molecule has 3 aliphatic rings. The lowest BCUT2D eigenvalue weighted by Gasteiger charge is -2.15. The van der Waals surface area contributed by atoms with Crippen LogP contribution in [0.1, 0.15) is 18.4 Å². The Kier molecular flexibility index (Phi) is 4.02. The van der Waals surface area contributed by atoms with Crippen LogP contribution in [0.15, 0.2) is 24.4 Å². The molecule has 27 heavy (non-hydrogen) atoms. The second-order valence-electron chi connectivity index (χ2n) is 7.05. The zero-order chi connectivity index (χ0) is 18.9. The number of halogens is 3. The molecule has 6 nitrogen and oxygen atoms in total. The van der Waals surface area contributed by atoms with Crippen LogP contribution in [0.4, 0.5) is 5.82 Å². The highest BCUT2D eigenvalue weighted by Crippen LogP contribution is 2.49. The van der Waals surface area contributed by atoms with Gasteiger partial charge in [-0.3, -0.25) is 14.3 Å². The van der Waals surface area contributed by atoms with E-state index in [0.29, 0.717) is 15.6 Å². The molecule has 0 N–H and O–H groups in total. The van der Waals surface area contributed by atoms with Gasteiger partial charge in [0, 0.05) is 21.8 Å². The number of hydrogen-bond acceptors (Lipinski definition) is 4. The number of hydrogen-bond donors (Lipinski definition) is 0. The van der Waals surface area contributed by atoms with Crippen molar-refractivity contribution in [2.24, 2.45) is 11.8 Å². The van der Waals surface area contributed by atoms with Crippen molar-refractivity contribution in [3.63, 3.8) is 0 Å². The molecule has 2 amide bonds. The van der Waals surface area contributed by atoms with Gasteiger partial charge in [-0.1, -0.05) is 40.9 Å². The summed E-state index contributed by atoms with van der Waals surface area (Å²) < 4.78 is 7.28. The minimum Gasteiger partial charge on any atom is -0.373 e. The van der Waals surface area contributed by atoms with Gasteiger partial charge in [-0.15, -0.1) is 0 Å². The van der Waals surface area contributed by atoms with Crippen LogP contribution in [-0.4, -0.2) is 33.8 Å². The summed E-state index contributed by atoms with van der Waals surface area (Å²) in [6.45, 7) is 0.273. The molecule has 2 bridgehead atoms. The predicted octanol–water partition coefficient (Wildman–Crippen LogP) is 3.56. The third-order valence-corrected chi connectivity index (χ3v) is 6.55. The largest absolute Gasteiger partial charge is 0.373 e. The SMILES string of the molecule is O=C1[C@@H]2[C@H](C(=O)N1c1nn(Cc3c(Cl)cccc3Cl)cc1Cl)[C@H]1CC[C@@H]2O1. The molecule has 2 aromatic rings. The molecule has 140 valence electrons. The van der Waals surface area contributed by atoms with E-state index in [4.69, 9.17) is 39.5 Å². The first-order valence-corrected chi connectivity index (χ1v) is 9.78. The van der Waals surface area contributed by atoms with Gasteiger partial charge in [0.2, 0.25) is 11.8 Å². The molecule has 5 rings (SSSR count). The average molecular weight is 427 g/mol. The maximum absolute atomic E-state index is 12.9. The zero-order valence-electron chi connectivity index (χ0n) is 13.9. The van der Waals surface area contributed by atoms with Crippen molar-refractivity contribution in [3.05, 3.63) is 45.0 Å². The maximum atomic E-state index is 12.9. The van der Waals surface area contributed by atoms with Crippen molar-refractivity contribution in [1.29, 1.82) is 0 Å². The van der Waals surface area contributed by atoms with Crippen LogP contribution in [-0.2, 0) is 20.9 Å². The smallest absolute Gasteiger partial charge is 0.241 e. The molecular formula is C18H14Cl3N3O3. The first kappa shape index (κ1) is 17.5. The van der Waals surface area contributed by atoms with E-state index in [-0.39, 0.29) is 41.4 Å². The molecule has 3 aliphatic heterocycles. The summed E-state index contributed by atoms with van der Waals surface area (Å²) in [5, 5.41) is 5.62.